The minimum absolute atomic E-state index is 0. The van der Waals surface area contributed by atoms with Crippen molar-refractivity contribution in [3.8, 4) is 0 Å². The van der Waals surface area contributed by atoms with Crippen LogP contribution in [0.3, 0.4) is 0 Å². The molecule has 0 saturated heterocycles. The number of carbonyl (C=O) groups is 2. The standard InChI is InChI=1S/C6H10O8.2K/c7-1(3(9)5(11)12)2(8)4(10)6(13)14;;/h1-4,7-10H,(H,11,12)(H,13,14);;/q;2*+1/p-2/t1-,2-,3-,4+;;/m0../s1. The Labute approximate surface area is 175 Å². The fourth-order valence-electron chi connectivity index (χ4n) is 0.652. The maximum atomic E-state index is 9.96. The maximum Gasteiger partial charge on any atom is 1.00 e. The molecule has 0 aliphatic carbocycles. The van der Waals surface area contributed by atoms with E-state index < -0.39 is 36.4 Å². The van der Waals surface area contributed by atoms with Gasteiger partial charge < -0.3 is 40.2 Å². The SMILES string of the molecule is O=C([O-])[C@@H](O)[C@@H](O)[C@H](O)[C@@H](O)C(=O)[O-].[K+].[K+]. The Bertz CT molecular complexity index is 211. The Morgan fingerprint density at radius 1 is 0.750 bits per heavy atom. The molecule has 0 aromatic rings. The second-order valence-corrected chi connectivity index (χ2v) is 2.51. The number of hydrogen-bond acceptors (Lipinski definition) is 8. The molecule has 0 aliphatic heterocycles. The summed E-state index contributed by atoms with van der Waals surface area (Å²) in [7, 11) is 0. The van der Waals surface area contributed by atoms with Crippen LogP contribution in [0.25, 0.3) is 0 Å². The van der Waals surface area contributed by atoms with Gasteiger partial charge >= 0.3 is 103 Å². The largest absolute Gasteiger partial charge is 1.00 e. The van der Waals surface area contributed by atoms with Crippen LogP contribution in [-0.4, -0.2) is 56.8 Å². The zero-order valence-corrected chi connectivity index (χ0v) is 15.0. The molecule has 4 atom stereocenters. The zero-order chi connectivity index (χ0) is 11.5. The van der Waals surface area contributed by atoms with E-state index in [1.54, 1.807) is 0 Å². The van der Waals surface area contributed by atoms with Crippen molar-refractivity contribution >= 4 is 11.9 Å². The van der Waals surface area contributed by atoms with Crippen LogP contribution < -0.4 is 113 Å². The van der Waals surface area contributed by atoms with Gasteiger partial charge in [0, 0.05) is 0 Å². The van der Waals surface area contributed by atoms with Gasteiger partial charge in [0.2, 0.25) is 0 Å². The zero-order valence-electron chi connectivity index (χ0n) is 8.73. The molecule has 16 heavy (non-hydrogen) atoms. The summed E-state index contributed by atoms with van der Waals surface area (Å²) in [4.78, 5) is 19.9. The molecule has 0 aliphatic rings. The minimum Gasteiger partial charge on any atom is -0.547 e. The number of hydrogen-bond donors (Lipinski definition) is 4. The third-order valence-corrected chi connectivity index (χ3v) is 1.48. The molecule has 10 heteroatoms. The Morgan fingerprint density at radius 2 is 0.938 bits per heavy atom. The van der Waals surface area contributed by atoms with E-state index in [4.69, 9.17) is 20.4 Å². The summed E-state index contributed by atoms with van der Waals surface area (Å²) in [6, 6.07) is 0. The summed E-state index contributed by atoms with van der Waals surface area (Å²) in [6.07, 6.45) is -9.76. The summed E-state index contributed by atoms with van der Waals surface area (Å²) in [6.45, 7) is 0. The van der Waals surface area contributed by atoms with Crippen LogP contribution in [-0.2, 0) is 9.59 Å². The molecule has 8 nitrogen and oxygen atoms in total. The molecule has 0 fully saturated rings. The molecular formula is C6H8K2O8. The van der Waals surface area contributed by atoms with Crippen LogP contribution in [0, 0.1) is 0 Å². The van der Waals surface area contributed by atoms with Crippen LogP contribution >= 0.6 is 0 Å². The van der Waals surface area contributed by atoms with Gasteiger partial charge in [0.25, 0.3) is 0 Å². The van der Waals surface area contributed by atoms with Crippen LogP contribution in [0.4, 0.5) is 0 Å². The van der Waals surface area contributed by atoms with Gasteiger partial charge in [-0.15, -0.1) is 0 Å². The summed E-state index contributed by atoms with van der Waals surface area (Å²) < 4.78 is 0. The predicted octanol–water partition coefficient (Wildman–Crippen LogP) is -12.1. The van der Waals surface area contributed by atoms with Crippen LogP contribution in [0.2, 0.25) is 0 Å². The van der Waals surface area contributed by atoms with Gasteiger partial charge in [0.05, 0.1) is 11.9 Å². The van der Waals surface area contributed by atoms with Crippen molar-refractivity contribution in [2.75, 3.05) is 0 Å². The fraction of sp³-hybridized carbons (Fsp3) is 0.667. The number of aliphatic hydroxyl groups excluding tert-OH is 4. The topological polar surface area (TPSA) is 161 Å². The summed E-state index contributed by atoms with van der Waals surface area (Å²) in [5.74, 6) is -4.22. The van der Waals surface area contributed by atoms with E-state index in [1.165, 1.54) is 0 Å². The maximum absolute atomic E-state index is 9.96. The summed E-state index contributed by atoms with van der Waals surface area (Å²) in [5, 5.41) is 54.7. The first-order chi connectivity index (χ1) is 6.29. The third-order valence-electron chi connectivity index (χ3n) is 1.48. The van der Waals surface area contributed by atoms with Gasteiger partial charge in [0.1, 0.15) is 24.4 Å². The summed E-state index contributed by atoms with van der Waals surface area (Å²) in [5.41, 5.74) is 0. The molecule has 0 bridgehead atoms. The Hall–Kier alpha value is 2.05. The molecular weight excluding hydrogens is 278 g/mol. The number of carboxylic acid groups (broad SMARTS) is 2. The summed E-state index contributed by atoms with van der Waals surface area (Å²) >= 11 is 0. The van der Waals surface area contributed by atoms with E-state index >= 15 is 0 Å². The van der Waals surface area contributed by atoms with E-state index in [-0.39, 0.29) is 103 Å². The molecule has 4 N–H and O–H groups in total. The van der Waals surface area contributed by atoms with Crippen LogP contribution in [0.1, 0.15) is 0 Å². The Kier molecular flexibility index (Phi) is 15.8. The van der Waals surface area contributed by atoms with Gasteiger partial charge in [0.15, 0.2) is 0 Å². The van der Waals surface area contributed by atoms with Crippen molar-refractivity contribution in [2.24, 2.45) is 0 Å². The van der Waals surface area contributed by atoms with Gasteiger partial charge in [-0.1, -0.05) is 0 Å². The van der Waals surface area contributed by atoms with E-state index in [2.05, 4.69) is 0 Å². The molecule has 0 spiro atoms. The normalized spacial score (nSPS) is 17.0. The van der Waals surface area contributed by atoms with Crippen molar-refractivity contribution in [3.63, 3.8) is 0 Å². The molecule has 0 heterocycles. The van der Waals surface area contributed by atoms with Crippen molar-refractivity contribution in [1.82, 2.24) is 0 Å². The second kappa shape index (κ2) is 10.9. The molecule has 0 rings (SSSR count). The third kappa shape index (κ3) is 7.48. The average Bonchev–Trinajstić information content (AvgIpc) is 2.12. The fourth-order valence-corrected chi connectivity index (χ4v) is 0.652. The first-order valence-electron chi connectivity index (χ1n) is 3.43. The second-order valence-electron chi connectivity index (χ2n) is 2.51. The molecule has 0 radical (unpaired) electrons. The number of carbonyl (C=O) groups excluding carboxylic acids is 2. The molecule has 0 amide bonds. The van der Waals surface area contributed by atoms with Gasteiger partial charge in [-0.2, -0.15) is 0 Å². The van der Waals surface area contributed by atoms with Gasteiger partial charge in [-0.05, 0) is 0 Å². The van der Waals surface area contributed by atoms with Crippen molar-refractivity contribution in [1.29, 1.82) is 0 Å². The molecule has 0 aromatic carbocycles. The van der Waals surface area contributed by atoms with Gasteiger partial charge in [-0.3, -0.25) is 0 Å². The predicted molar refractivity (Wildman–Crippen MR) is 34.0 cm³/mol. The Balaban J connectivity index is -0.000000845. The smallest absolute Gasteiger partial charge is 0.547 e. The van der Waals surface area contributed by atoms with E-state index in [9.17, 15) is 19.8 Å². The monoisotopic (exact) mass is 286 g/mol. The van der Waals surface area contributed by atoms with Crippen molar-refractivity contribution < 1.29 is 143 Å². The first kappa shape index (κ1) is 23.2. The van der Waals surface area contributed by atoms with Crippen LogP contribution in [0.5, 0.6) is 0 Å². The molecule has 0 unspecified atom stereocenters. The number of aliphatic hydroxyl groups is 4. The molecule has 0 aromatic heterocycles. The number of carboxylic acids is 2. The first-order valence-corrected chi connectivity index (χ1v) is 3.43. The van der Waals surface area contributed by atoms with E-state index in [0.29, 0.717) is 0 Å². The Morgan fingerprint density at radius 3 is 1.06 bits per heavy atom. The minimum atomic E-state index is -2.50. The average molecular weight is 286 g/mol. The van der Waals surface area contributed by atoms with Crippen LogP contribution in [0.15, 0.2) is 0 Å². The van der Waals surface area contributed by atoms with Crippen molar-refractivity contribution in [2.45, 2.75) is 24.4 Å². The van der Waals surface area contributed by atoms with Gasteiger partial charge in [-0.25, -0.2) is 0 Å². The van der Waals surface area contributed by atoms with E-state index in [0.717, 1.165) is 0 Å². The molecule has 0 saturated carbocycles. The van der Waals surface area contributed by atoms with E-state index in [1.807, 2.05) is 0 Å². The number of aliphatic carboxylic acids is 2. The number of rotatable bonds is 5. The molecule has 82 valence electrons. The van der Waals surface area contributed by atoms with Crippen molar-refractivity contribution in [3.05, 3.63) is 0 Å². The quantitative estimate of drug-likeness (QED) is 0.362.